The molecule has 0 unspecified atom stereocenters. The minimum absolute atomic E-state index is 0.227. The lowest BCUT2D eigenvalue weighted by molar-refractivity contribution is -0.145. The van der Waals surface area contributed by atoms with Gasteiger partial charge in [-0.2, -0.15) is 5.10 Å². The maximum Gasteiger partial charge on any atom is 0.304 e. The first-order valence-electron chi connectivity index (χ1n) is 8.18. The van der Waals surface area contributed by atoms with Crippen LogP contribution in [0, 0.1) is 12.8 Å². The van der Waals surface area contributed by atoms with Gasteiger partial charge in [0.1, 0.15) is 11.8 Å². The Hall–Kier alpha value is -2.89. The van der Waals surface area contributed by atoms with Crippen molar-refractivity contribution in [1.82, 2.24) is 5.01 Å². The molecule has 1 N–H and O–H groups in total. The Morgan fingerprint density at radius 1 is 1.32 bits per heavy atom. The standard InChI is InChI=1S/C19H20N2O4/c1-12-5-7-14(8-6-12)15-11-16(17-4-3-9-25-17)21(20-15)19(24)13(2)10-18(22)23/h3-9,13,16H,10-11H2,1-2H3,(H,22,23)/t13-,16-/m0/s1. The molecule has 0 radical (unpaired) electrons. The van der Waals surface area contributed by atoms with Gasteiger partial charge >= 0.3 is 5.97 Å². The normalized spacial score (nSPS) is 18.1. The van der Waals surface area contributed by atoms with Crippen LogP contribution < -0.4 is 0 Å². The lowest BCUT2D eigenvalue weighted by Gasteiger charge is -2.22. The van der Waals surface area contributed by atoms with E-state index in [4.69, 9.17) is 9.52 Å². The second-order valence-corrected chi connectivity index (χ2v) is 6.33. The predicted molar refractivity (Wildman–Crippen MR) is 92.0 cm³/mol. The highest BCUT2D eigenvalue weighted by Crippen LogP contribution is 2.34. The van der Waals surface area contributed by atoms with Crippen LogP contribution in [0.3, 0.4) is 0 Å². The first-order valence-corrected chi connectivity index (χ1v) is 8.18. The first kappa shape index (κ1) is 17.0. The van der Waals surface area contributed by atoms with Crippen molar-refractivity contribution in [1.29, 1.82) is 0 Å². The van der Waals surface area contributed by atoms with Gasteiger partial charge in [-0.05, 0) is 24.6 Å². The molecule has 1 aliphatic rings. The zero-order chi connectivity index (χ0) is 18.0. The molecule has 2 atom stereocenters. The zero-order valence-corrected chi connectivity index (χ0v) is 14.2. The molecule has 1 aromatic heterocycles. The third-order valence-electron chi connectivity index (χ3n) is 4.29. The summed E-state index contributed by atoms with van der Waals surface area (Å²) in [6, 6.07) is 11.2. The van der Waals surface area contributed by atoms with Crippen LogP contribution in [0.5, 0.6) is 0 Å². The predicted octanol–water partition coefficient (Wildman–Crippen LogP) is 3.38. The number of nitrogens with zero attached hydrogens (tertiary/aromatic N) is 2. The highest BCUT2D eigenvalue weighted by Gasteiger charge is 2.37. The molecule has 0 spiro atoms. The number of hydrazone groups is 1. The molecule has 130 valence electrons. The van der Waals surface area contributed by atoms with E-state index < -0.39 is 11.9 Å². The number of carboxylic acids is 1. The van der Waals surface area contributed by atoms with Crippen molar-refractivity contribution in [3.8, 4) is 0 Å². The summed E-state index contributed by atoms with van der Waals surface area (Å²) in [7, 11) is 0. The van der Waals surface area contributed by atoms with Crippen molar-refractivity contribution in [2.24, 2.45) is 11.0 Å². The number of aliphatic carboxylic acids is 1. The van der Waals surface area contributed by atoms with Crippen LogP contribution in [0.1, 0.15) is 42.7 Å². The minimum Gasteiger partial charge on any atom is -0.481 e. The van der Waals surface area contributed by atoms with E-state index >= 15 is 0 Å². The van der Waals surface area contributed by atoms with Gasteiger partial charge in [0.25, 0.3) is 0 Å². The van der Waals surface area contributed by atoms with Crippen molar-refractivity contribution in [2.75, 3.05) is 0 Å². The van der Waals surface area contributed by atoms with Gasteiger partial charge in [-0.25, -0.2) is 5.01 Å². The van der Waals surface area contributed by atoms with Gasteiger partial charge in [0, 0.05) is 12.3 Å². The third kappa shape index (κ3) is 3.63. The quantitative estimate of drug-likeness (QED) is 0.904. The topological polar surface area (TPSA) is 83.1 Å². The van der Waals surface area contributed by atoms with E-state index in [1.54, 1.807) is 25.3 Å². The Labute approximate surface area is 145 Å². The van der Waals surface area contributed by atoms with Crippen LogP contribution in [0.15, 0.2) is 52.2 Å². The lowest BCUT2D eigenvalue weighted by Crippen LogP contribution is -2.32. The van der Waals surface area contributed by atoms with Crippen LogP contribution in [-0.4, -0.2) is 27.7 Å². The van der Waals surface area contributed by atoms with Crippen LogP contribution in [0.25, 0.3) is 0 Å². The number of aryl methyl sites for hydroxylation is 1. The summed E-state index contributed by atoms with van der Waals surface area (Å²) in [5.41, 5.74) is 2.88. The van der Waals surface area contributed by atoms with E-state index in [1.165, 1.54) is 5.01 Å². The summed E-state index contributed by atoms with van der Waals surface area (Å²) in [6.07, 6.45) is 1.86. The molecule has 0 aliphatic carbocycles. The molecule has 6 heteroatoms. The minimum atomic E-state index is -1.00. The Morgan fingerprint density at radius 3 is 2.64 bits per heavy atom. The van der Waals surface area contributed by atoms with Crippen LogP contribution in [0.2, 0.25) is 0 Å². The molecule has 2 aromatic rings. The molecule has 0 fully saturated rings. The summed E-state index contributed by atoms with van der Waals surface area (Å²) >= 11 is 0. The fourth-order valence-corrected chi connectivity index (χ4v) is 2.91. The monoisotopic (exact) mass is 340 g/mol. The highest BCUT2D eigenvalue weighted by atomic mass is 16.4. The number of carbonyl (C=O) groups is 2. The zero-order valence-electron chi connectivity index (χ0n) is 14.2. The summed E-state index contributed by atoms with van der Waals surface area (Å²) in [5.74, 6) is -1.33. The molecule has 1 amide bonds. The molecule has 3 rings (SSSR count). The Morgan fingerprint density at radius 2 is 2.04 bits per heavy atom. The largest absolute Gasteiger partial charge is 0.481 e. The van der Waals surface area contributed by atoms with Crippen LogP contribution in [0.4, 0.5) is 0 Å². The van der Waals surface area contributed by atoms with Crippen molar-refractivity contribution >= 4 is 17.6 Å². The van der Waals surface area contributed by atoms with Crippen LogP contribution in [-0.2, 0) is 9.59 Å². The van der Waals surface area contributed by atoms with E-state index in [9.17, 15) is 9.59 Å². The summed E-state index contributed by atoms with van der Waals surface area (Å²) in [5, 5.41) is 14.8. The molecular weight excluding hydrogens is 320 g/mol. The van der Waals surface area contributed by atoms with Gasteiger partial charge in [0.15, 0.2) is 0 Å². The van der Waals surface area contributed by atoms with Gasteiger partial charge in [0.05, 0.1) is 18.4 Å². The number of carbonyl (C=O) groups excluding carboxylic acids is 1. The number of rotatable bonds is 5. The van der Waals surface area contributed by atoms with E-state index in [1.807, 2.05) is 31.2 Å². The van der Waals surface area contributed by atoms with Crippen molar-refractivity contribution in [2.45, 2.75) is 32.7 Å². The molecule has 25 heavy (non-hydrogen) atoms. The van der Waals surface area contributed by atoms with Crippen molar-refractivity contribution in [3.63, 3.8) is 0 Å². The molecule has 0 bridgehead atoms. The average molecular weight is 340 g/mol. The van der Waals surface area contributed by atoms with Crippen molar-refractivity contribution in [3.05, 3.63) is 59.5 Å². The smallest absolute Gasteiger partial charge is 0.304 e. The number of amides is 1. The summed E-state index contributed by atoms with van der Waals surface area (Å²) in [4.78, 5) is 23.7. The molecule has 2 heterocycles. The number of hydrogen-bond acceptors (Lipinski definition) is 4. The average Bonchev–Trinajstić information content (AvgIpc) is 3.23. The second kappa shape index (κ2) is 6.93. The fraction of sp³-hybridized carbons (Fsp3) is 0.316. The van der Waals surface area contributed by atoms with Gasteiger partial charge in [0.2, 0.25) is 5.91 Å². The fourth-order valence-electron chi connectivity index (χ4n) is 2.91. The lowest BCUT2D eigenvalue weighted by atomic mass is 10.0. The first-order chi connectivity index (χ1) is 12.0. The molecule has 1 aliphatic heterocycles. The number of carboxylic acid groups (broad SMARTS) is 1. The Balaban J connectivity index is 1.91. The van der Waals surface area contributed by atoms with Gasteiger partial charge < -0.3 is 9.52 Å². The third-order valence-corrected chi connectivity index (χ3v) is 4.29. The maximum absolute atomic E-state index is 12.7. The number of hydrogen-bond donors (Lipinski definition) is 1. The molecular formula is C19H20N2O4. The van der Waals surface area contributed by atoms with Crippen molar-refractivity contribution < 1.29 is 19.1 Å². The van der Waals surface area contributed by atoms with E-state index in [-0.39, 0.29) is 18.4 Å². The van der Waals surface area contributed by atoms with Gasteiger partial charge in [-0.1, -0.05) is 36.8 Å². The molecule has 0 saturated carbocycles. The van der Waals surface area contributed by atoms with Crippen LogP contribution >= 0.6 is 0 Å². The number of furan rings is 1. The molecule has 6 nitrogen and oxygen atoms in total. The molecule has 0 saturated heterocycles. The number of benzene rings is 1. The maximum atomic E-state index is 12.7. The van der Waals surface area contributed by atoms with E-state index in [2.05, 4.69) is 5.10 Å². The Kier molecular flexibility index (Phi) is 4.70. The van der Waals surface area contributed by atoms with E-state index in [0.29, 0.717) is 12.2 Å². The molecule has 1 aromatic carbocycles. The summed E-state index contributed by atoms with van der Waals surface area (Å²) < 4.78 is 5.48. The van der Waals surface area contributed by atoms with Gasteiger partial charge in [-0.15, -0.1) is 0 Å². The Bertz CT molecular complexity index is 793. The summed E-state index contributed by atoms with van der Waals surface area (Å²) in [6.45, 7) is 3.62. The van der Waals surface area contributed by atoms with Gasteiger partial charge in [-0.3, -0.25) is 9.59 Å². The second-order valence-electron chi connectivity index (χ2n) is 6.33. The SMILES string of the molecule is Cc1ccc(C2=NN(C(=O)[C@@H](C)CC(=O)O)[C@H](c3ccco3)C2)cc1. The van der Waals surface area contributed by atoms with E-state index in [0.717, 1.165) is 16.8 Å². The highest BCUT2D eigenvalue weighted by molar-refractivity contribution is 6.03.